The van der Waals surface area contributed by atoms with Gasteiger partial charge in [0, 0.05) is 11.7 Å². The Labute approximate surface area is 92.9 Å². The van der Waals surface area contributed by atoms with Gasteiger partial charge in [0.1, 0.15) is 0 Å². The van der Waals surface area contributed by atoms with Crippen molar-refractivity contribution in [2.45, 2.75) is 46.1 Å². The molecule has 0 aromatic carbocycles. The van der Waals surface area contributed by atoms with Crippen LogP contribution in [0.25, 0.3) is 0 Å². The van der Waals surface area contributed by atoms with E-state index in [2.05, 4.69) is 18.8 Å². The predicted octanol–water partition coefficient (Wildman–Crippen LogP) is 3.22. The maximum Gasteiger partial charge on any atom is 0.0574 e. The number of rotatable bonds is 5. The Morgan fingerprint density at radius 1 is 1.27 bits per heavy atom. The molecule has 0 spiro atoms. The van der Waals surface area contributed by atoms with Crippen molar-refractivity contribution in [3.8, 4) is 0 Å². The van der Waals surface area contributed by atoms with Gasteiger partial charge in [-0.1, -0.05) is 32.8 Å². The number of aromatic nitrogens is 1. The Kier molecular flexibility index (Phi) is 4.76. The standard InChI is InChI=1S/C13H22N2/c1-4-11(5-2)9-12(14)13-8-6-7-10(3)15-13/h6-8,11-12H,4-5,9,14H2,1-3H3/t12-/m0/s1. The van der Waals surface area contributed by atoms with E-state index in [4.69, 9.17) is 5.73 Å². The highest BCUT2D eigenvalue weighted by molar-refractivity contribution is 5.13. The molecule has 1 heterocycles. The molecule has 2 N–H and O–H groups in total. The number of nitrogens with zero attached hydrogens (tertiary/aromatic N) is 1. The topological polar surface area (TPSA) is 38.9 Å². The highest BCUT2D eigenvalue weighted by Gasteiger charge is 2.12. The quantitative estimate of drug-likeness (QED) is 0.803. The summed E-state index contributed by atoms with van der Waals surface area (Å²) >= 11 is 0. The fourth-order valence-electron chi connectivity index (χ4n) is 1.87. The van der Waals surface area contributed by atoms with Crippen molar-refractivity contribution in [3.63, 3.8) is 0 Å². The average Bonchev–Trinajstić information content (AvgIpc) is 2.25. The maximum atomic E-state index is 6.15. The van der Waals surface area contributed by atoms with Crippen LogP contribution in [-0.2, 0) is 0 Å². The summed E-state index contributed by atoms with van der Waals surface area (Å²) in [6.45, 7) is 6.46. The molecule has 0 amide bonds. The molecule has 2 nitrogen and oxygen atoms in total. The van der Waals surface area contributed by atoms with Gasteiger partial charge in [0.25, 0.3) is 0 Å². The number of hydrogen-bond donors (Lipinski definition) is 1. The minimum absolute atomic E-state index is 0.0924. The van der Waals surface area contributed by atoms with Crippen molar-refractivity contribution in [2.24, 2.45) is 11.7 Å². The fraction of sp³-hybridized carbons (Fsp3) is 0.615. The molecule has 1 rings (SSSR count). The summed E-state index contributed by atoms with van der Waals surface area (Å²) in [5, 5.41) is 0. The first-order valence-electron chi connectivity index (χ1n) is 5.86. The second kappa shape index (κ2) is 5.86. The molecular formula is C13H22N2. The van der Waals surface area contributed by atoms with Crippen LogP contribution in [0, 0.1) is 12.8 Å². The van der Waals surface area contributed by atoms with Gasteiger partial charge in [0.05, 0.1) is 5.69 Å². The molecule has 0 aliphatic carbocycles. The van der Waals surface area contributed by atoms with Gasteiger partial charge in [-0.3, -0.25) is 4.98 Å². The van der Waals surface area contributed by atoms with Crippen LogP contribution >= 0.6 is 0 Å². The van der Waals surface area contributed by atoms with Crippen molar-refractivity contribution < 1.29 is 0 Å². The van der Waals surface area contributed by atoms with E-state index in [9.17, 15) is 0 Å². The Bertz CT molecular complexity index is 292. The van der Waals surface area contributed by atoms with Crippen LogP contribution in [0.4, 0.5) is 0 Å². The van der Waals surface area contributed by atoms with E-state index in [0.29, 0.717) is 0 Å². The van der Waals surface area contributed by atoms with Gasteiger partial charge in [-0.2, -0.15) is 0 Å². The number of nitrogens with two attached hydrogens (primary N) is 1. The summed E-state index contributed by atoms with van der Waals surface area (Å²) in [6.07, 6.45) is 3.45. The van der Waals surface area contributed by atoms with Crippen LogP contribution in [0.15, 0.2) is 18.2 Å². The minimum Gasteiger partial charge on any atom is -0.323 e. The lowest BCUT2D eigenvalue weighted by molar-refractivity contribution is 0.410. The fourth-order valence-corrected chi connectivity index (χ4v) is 1.87. The molecule has 1 aromatic rings. The summed E-state index contributed by atoms with van der Waals surface area (Å²) < 4.78 is 0. The summed E-state index contributed by atoms with van der Waals surface area (Å²) in [6, 6.07) is 6.16. The third-order valence-electron chi connectivity index (χ3n) is 3.03. The van der Waals surface area contributed by atoms with Gasteiger partial charge in [-0.25, -0.2) is 0 Å². The maximum absolute atomic E-state index is 6.15. The summed E-state index contributed by atoms with van der Waals surface area (Å²) in [4.78, 5) is 4.47. The summed E-state index contributed by atoms with van der Waals surface area (Å²) in [5.74, 6) is 0.724. The molecule has 1 aromatic heterocycles. The predicted molar refractivity (Wildman–Crippen MR) is 64.6 cm³/mol. The molecule has 2 heteroatoms. The zero-order valence-corrected chi connectivity index (χ0v) is 10.0. The lowest BCUT2D eigenvalue weighted by atomic mass is 9.93. The molecule has 84 valence electrons. The third-order valence-corrected chi connectivity index (χ3v) is 3.03. The van der Waals surface area contributed by atoms with Gasteiger partial charge in [-0.05, 0) is 31.4 Å². The SMILES string of the molecule is CCC(CC)C[C@H](N)c1cccc(C)n1. The number of aryl methyl sites for hydroxylation is 1. The Morgan fingerprint density at radius 2 is 1.93 bits per heavy atom. The molecule has 0 unspecified atom stereocenters. The second-order valence-corrected chi connectivity index (χ2v) is 4.23. The summed E-state index contributed by atoms with van der Waals surface area (Å²) in [5.41, 5.74) is 8.23. The lowest BCUT2D eigenvalue weighted by Gasteiger charge is -2.18. The van der Waals surface area contributed by atoms with Gasteiger partial charge in [0.2, 0.25) is 0 Å². The van der Waals surface area contributed by atoms with Crippen molar-refractivity contribution in [1.82, 2.24) is 4.98 Å². The average molecular weight is 206 g/mol. The second-order valence-electron chi connectivity index (χ2n) is 4.23. The molecule has 15 heavy (non-hydrogen) atoms. The van der Waals surface area contributed by atoms with Gasteiger partial charge in [-0.15, -0.1) is 0 Å². The monoisotopic (exact) mass is 206 g/mol. The van der Waals surface area contributed by atoms with Crippen LogP contribution < -0.4 is 5.73 Å². The molecule has 0 saturated carbocycles. The van der Waals surface area contributed by atoms with Crippen molar-refractivity contribution in [1.29, 1.82) is 0 Å². The van der Waals surface area contributed by atoms with Crippen LogP contribution in [-0.4, -0.2) is 4.98 Å². The number of pyridine rings is 1. The molecule has 0 fully saturated rings. The van der Waals surface area contributed by atoms with E-state index in [1.54, 1.807) is 0 Å². The Morgan fingerprint density at radius 3 is 2.47 bits per heavy atom. The zero-order chi connectivity index (χ0) is 11.3. The molecule has 0 bridgehead atoms. The van der Waals surface area contributed by atoms with Crippen molar-refractivity contribution in [3.05, 3.63) is 29.6 Å². The van der Waals surface area contributed by atoms with Crippen LogP contribution in [0.2, 0.25) is 0 Å². The van der Waals surface area contributed by atoms with Gasteiger partial charge in [0.15, 0.2) is 0 Å². The third kappa shape index (κ3) is 3.63. The largest absolute Gasteiger partial charge is 0.323 e. The lowest BCUT2D eigenvalue weighted by Crippen LogP contribution is -2.16. The first kappa shape index (κ1) is 12.2. The van der Waals surface area contributed by atoms with E-state index >= 15 is 0 Å². The number of hydrogen-bond acceptors (Lipinski definition) is 2. The highest BCUT2D eigenvalue weighted by Crippen LogP contribution is 2.22. The van der Waals surface area contributed by atoms with E-state index in [1.807, 2.05) is 25.1 Å². The van der Waals surface area contributed by atoms with Crippen LogP contribution in [0.3, 0.4) is 0 Å². The molecule has 0 aliphatic heterocycles. The van der Waals surface area contributed by atoms with E-state index in [-0.39, 0.29) is 6.04 Å². The Hall–Kier alpha value is -0.890. The normalized spacial score (nSPS) is 13.1. The van der Waals surface area contributed by atoms with Crippen LogP contribution in [0.1, 0.15) is 50.5 Å². The van der Waals surface area contributed by atoms with E-state index < -0.39 is 0 Å². The van der Waals surface area contributed by atoms with Crippen molar-refractivity contribution >= 4 is 0 Å². The Balaban J connectivity index is 2.64. The van der Waals surface area contributed by atoms with Crippen LogP contribution in [0.5, 0.6) is 0 Å². The van der Waals surface area contributed by atoms with E-state index in [1.165, 1.54) is 12.8 Å². The smallest absolute Gasteiger partial charge is 0.0574 e. The molecule has 0 aliphatic rings. The van der Waals surface area contributed by atoms with E-state index in [0.717, 1.165) is 23.7 Å². The molecule has 0 saturated heterocycles. The minimum atomic E-state index is 0.0924. The van der Waals surface area contributed by atoms with Gasteiger partial charge >= 0.3 is 0 Å². The molecule has 0 radical (unpaired) electrons. The highest BCUT2D eigenvalue weighted by atomic mass is 14.8. The molecular weight excluding hydrogens is 184 g/mol. The van der Waals surface area contributed by atoms with Gasteiger partial charge < -0.3 is 5.73 Å². The summed E-state index contributed by atoms with van der Waals surface area (Å²) in [7, 11) is 0. The first-order chi connectivity index (χ1) is 7.17. The van der Waals surface area contributed by atoms with Crippen molar-refractivity contribution in [2.75, 3.05) is 0 Å². The molecule has 1 atom stereocenters. The first-order valence-corrected chi connectivity index (χ1v) is 5.86. The zero-order valence-electron chi connectivity index (χ0n) is 10.0.